The molecule has 0 radical (unpaired) electrons. The molecule has 1 atom stereocenters. The summed E-state index contributed by atoms with van der Waals surface area (Å²) in [5.41, 5.74) is 0. The number of para-hydroxylation sites is 2. The minimum absolute atomic E-state index is 0. The number of nitrogens with zero attached hydrogens (tertiary/aromatic N) is 1. The quantitative estimate of drug-likeness (QED) is 0.162. The summed E-state index contributed by atoms with van der Waals surface area (Å²) in [7, 11) is 4.78. The van der Waals surface area contributed by atoms with Crippen molar-refractivity contribution in [3.05, 3.63) is 24.3 Å². The van der Waals surface area contributed by atoms with Crippen LogP contribution >= 0.6 is 24.0 Å². The standard InChI is InChI=1S/C19H31N3O4.HI/c1-15(26-17-11-8-7-10-16(17)24-3)14-22-19(20-2)21-13-9-5-6-12-18(23)25-4;/h7-8,10-11,15H,5-6,9,12-14H2,1-4H3,(H2,20,21,22);1H. The summed E-state index contributed by atoms with van der Waals surface area (Å²) < 4.78 is 15.8. The van der Waals surface area contributed by atoms with Gasteiger partial charge in [-0.3, -0.25) is 9.79 Å². The molecule has 0 bridgehead atoms. The van der Waals surface area contributed by atoms with Crippen molar-refractivity contribution >= 4 is 35.9 Å². The van der Waals surface area contributed by atoms with Crippen molar-refractivity contribution in [3.63, 3.8) is 0 Å². The number of nitrogens with one attached hydrogen (secondary N) is 2. The second-order valence-corrected chi connectivity index (χ2v) is 5.85. The summed E-state index contributed by atoms with van der Waals surface area (Å²) in [6, 6.07) is 7.58. The number of benzene rings is 1. The number of esters is 1. The Morgan fingerprint density at radius 2 is 1.81 bits per heavy atom. The van der Waals surface area contributed by atoms with Gasteiger partial charge < -0.3 is 24.8 Å². The minimum Gasteiger partial charge on any atom is -0.493 e. The molecule has 0 amide bonds. The summed E-state index contributed by atoms with van der Waals surface area (Å²) in [5.74, 6) is 2.01. The molecular weight excluding hydrogens is 461 g/mol. The van der Waals surface area contributed by atoms with E-state index >= 15 is 0 Å². The number of carbonyl (C=O) groups is 1. The first kappa shape index (κ1) is 25.3. The van der Waals surface area contributed by atoms with Crippen LogP contribution in [0.25, 0.3) is 0 Å². The van der Waals surface area contributed by atoms with Gasteiger partial charge in [0.25, 0.3) is 0 Å². The first-order valence-corrected chi connectivity index (χ1v) is 8.91. The number of rotatable bonds is 11. The predicted molar refractivity (Wildman–Crippen MR) is 118 cm³/mol. The Bertz CT molecular complexity index is 570. The minimum atomic E-state index is -0.153. The second kappa shape index (κ2) is 15.4. The van der Waals surface area contributed by atoms with Crippen molar-refractivity contribution < 1.29 is 19.0 Å². The van der Waals surface area contributed by atoms with Gasteiger partial charge in [-0.25, -0.2) is 0 Å². The van der Waals surface area contributed by atoms with Gasteiger partial charge in [-0.2, -0.15) is 0 Å². The van der Waals surface area contributed by atoms with Crippen LogP contribution in [0.5, 0.6) is 11.5 Å². The van der Waals surface area contributed by atoms with E-state index in [2.05, 4.69) is 20.4 Å². The number of hydrogen-bond donors (Lipinski definition) is 2. The molecule has 8 heteroatoms. The number of methoxy groups -OCH3 is 2. The van der Waals surface area contributed by atoms with Gasteiger partial charge in [-0.15, -0.1) is 24.0 Å². The van der Waals surface area contributed by atoms with Crippen LogP contribution in [0.15, 0.2) is 29.3 Å². The zero-order valence-corrected chi connectivity index (χ0v) is 18.9. The number of guanidine groups is 1. The van der Waals surface area contributed by atoms with E-state index in [1.807, 2.05) is 31.2 Å². The van der Waals surface area contributed by atoms with Crippen LogP contribution in [0.2, 0.25) is 0 Å². The molecule has 0 spiro atoms. The molecule has 1 unspecified atom stereocenters. The largest absolute Gasteiger partial charge is 0.493 e. The van der Waals surface area contributed by atoms with Crippen molar-refractivity contribution in [1.29, 1.82) is 0 Å². The topological polar surface area (TPSA) is 81.2 Å². The van der Waals surface area contributed by atoms with E-state index in [1.165, 1.54) is 7.11 Å². The molecule has 0 aliphatic heterocycles. The lowest BCUT2D eigenvalue weighted by molar-refractivity contribution is -0.140. The molecule has 7 nitrogen and oxygen atoms in total. The van der Waals surface area contributed by atoms with Crippen LogP contribution < -0.4 is 20.1 Å². The van der Waals surface area contributed by atoms with E-state index in [4.69, 9.17) is 9.47 Å². The van der Waals surface area contributed by atoms with Gasteiger partial charge in [0.1, 0.15) is 6.10 Å². The maximum absolute atomic E-state index is 11.0. The van der Waals surface area contributed by atoms with Gasteiger partial charge in [0.15, 0.2) is 17.5 Å². The highest BCUT2D eigenvalue weighted by Crippen LogP contribution is 2.26. The Morgan fingerprint density at radius 3 is 2.44 bits per heavy atom. The number of aliphatic imine (C=N–C) groups is 1. The molecule has 0 saturated carbocycles. The molecule has 0 heterocycles. The van der Waals surface area contributed by atoms with E-state index in [-0.39, 0.29) is 36.0 Å². The summed E-state index contributed by atoms with van der Waals surface area (Å²) in [6.07, 6.45) is 3.19. The Morgan fingerprint density at radius 1 is 1.11 bits per heavy atom. The third-order valence-electron chi connectivity index (χ3n) is 3.76. The van der Waals surface area contributed by atoms with Crippen LogP contribution in [0, 0.1) is 0 Å². The van der Waals surface area contributed by atoms with Gasteiger partial charge >= 0.3 is 5.97 Å². The van der Waals surface area contributed by atoms with Crippen LogP contribution in [0.1, 0.15) is 32.6 Å². The van der Waals surface area contributed by atoms with E-state index in [0.717, 1.165) is 37.5 Å². The zero-order chi connectivity index (χ0) is 19.2. The molecule has 1 aromatic rings. The fourth-order valence-electron chi connectivity index (χ4n) is 2.32. The van der Waals surface area contributed by atoms with Crippen molar-refractivity contribution in [2.75, 3.05) is 34.4 Å². The first-order valence-electron chi connectivity index (χ1n) is 8.91. The molecule has 0 saturated heterocycles. The summed E-state index contributed by atoms with van der Waals surface area (Å²) in [6.45, 7) is 3.39. The molecule has 1 rings (SSSR count). The number of hydrogen-bond acceptors (Lipinski definition) is 5. The summed E-state index contributed by atoms with van der Waals surface area (Å²) in [5, 5.41) is 6.50. The lowest BCUT2D eigenvalue weighted by Gasteiger charge is -2.19. The van der Waals surface area contributed by atoms with Gasteiger partial charge in [0.2, 0.25) is 0 Å². The predicted octanol–water partition coefficient (Wildman–Crippen LogP) is 2.98. The van der Waals surface area contributed by atoms with E-state index in [1.54, 1.807) is 14.2 Å². The molecule has 0 fully saturated rings. The van der Waals surface area contributed by atoms with Crippen molar-refractivity contribution in [2.24, 2.45) is 4.99 Å². The maximum Gasteiger partial charge on any atom is 0.305 e. The lowest BCUT2D eigenvalue weighted by atomic mass is 10.2. The summed E-state index contributed by atoms with van der Waals surface area (Å²) in [4.78, 5) is 15.2. The zero-order valence-electron chi connectivity index (χ0n) is 16.6. The van der Waals surface area contributed by atoms with Crippen LogP contribution in [-0.4, -0.2) is 52.4 Å². The molecule has 154 valence electrons. The van der Waals surface area contributed by atoms with Crippen LogP contribution in [0.4, 0.5) is 0 Å². The Hall–Kier alpha value is -1.71. The first-order chi connectivity index (χ1) is 12.6. The molecule has 0 aliphatic rings. The molecule has 0 aliphatic carbocycles. The normalized spacial score (nSPS) is 11.8. The van der Waals surface area contributed by atoms with Crippen molar-refractivity contribution in [3.8, 4) is 11.5 Å². The number of unbranched alkanes of at least 4 members (excludes halogenated alkanes) is 2. The monoisotopic (exact) mass is 493 g/mol. The SMILES string of the molecule is CN=C(NCCCCCC(=O)OC)NCC(C)Oc1ccccc1OC.I. The Balaban J connectivity index is 0.00000676. The van der Waals surface area contributed by atoms with E-state index in [0.29, 0.717) is 18.7 Å². The smallest absolute Gasteiger partial charge is 0.305 e. The Labute approximate surface area is 179 Å². The summed E-state index contributed by atoms with van der Waals surface area (Å²) >= 11 is 0. The average Bonchev–Trinajstić information content (AvgIpc) is 2.66. The Kier molecular flexibility index (Phi) is 14.4. The molecular formula is C19H32IN3O4. The van der Waals surface area contributed by atoms with Crippen LogP contribution in [-0.2, 0) is 9.53 Å². The van der Waals surface area contributed by atoms with E-state index < -0.39 is 0 Å². The maximum atomic E-state index is 11.0. The van der Waals surface area contributed by atoms with Crippen LogP contribution in [0.3, 0.4) is 0 Å². The second-order valence-electron chi connectivity index (χ2n) is 5.85. The van der Waals surface area contributed by atoms with Gasteiger partial charge in [-0.1, -0.05) is 18.6 Å². The molecule has 0 aromatic heterocycles. The third-order valence-corrected chi connectivity index (χ3v) is 3.76. The molecule has 1 aromatic carbocycles. The van der Waals surface area contributed by atoms with Gasteiger partial charge in [0, 0.05) is 20.0 Å². The number of halogens is 1. The number of carbonyl (C=O) groups excluding carboxylic acids is 1. The highest BCUT2D eigenvalue weighted by molar-refractivity contribution is 14.0. The van der Waals surface area contributed by atoms with Crippen molar-refractivity contribution in [2.45, 2.75) is 38.7 Å². The fourth-order valence-corrected chi connectivity index (χ4v) is 2.32. The molecule has 2 N–H and O–H groups in total. The highest BCUT2D eigenvalue weighted by atomic mass is 127. The van der Waals surface area contributed by atoms with Gasteiger partial charge in [0.05, 0.1) is 20.8 Å². The fraction of sp³-hybridized carbons (Fsp3) is 0.579. The van der Waals surface area contributed by atoms with Gasteiger partial charge in [-0.05, 0) is 31.9 Å². The lowest BCUT2D eigenvalue weighted by Crippen LogP contribution is -2.42. The average molecular weight is 493 g/mol. The third kappa shape index (κ3) is 10.9. The highest BCUT2D eigenvalue weighted by Gasteiger charge is 2.09. The van der Waals surface area contributed by atoms with Crippen molar-refractivity contribution in [1.82, 2.24) is 10.6 Å². The van der Waals surface area contributed by atoms with E-state index in [9.17, 15) is 4.79 Å². The number of ether oxygens (including phenoxy) is 3. The molecule has 27 heavy (non-hydrogen) atoms.